The molecule has 104 valence electrons. The molecule has 0 aliphatic carbocycles. The van der Waals surface area contributed by atoms with E-state index in [9.17, 15) is 9.36 Å². The number of benzene rings is 1. The van der Waals surface area contributed by atoms with Gasteiger partial charge in [0.2, 0.25) is 5.91 Å². The van der Waals surface area contributed by atoms with Crippen LogP contribution in [0.25, 0.3) is 5.70 Å². The summed E-state index contributed by atoms with van der Waals surface area (Å²) in [4.78, 5) is 11.2. The van der Waals surface area contributed by atoms with Gasteiger partial charge >= 0.3 is 7.60 Å². The first-order chi connectivity index (χ1) is 8.90. The molecule has 5 nitrogen and oxygen atoms in total. The molecule has 0 aliphatic rings. The van der Waals surface area contributed by atoms with Gasteiger partial charge in [-0.3, -0.25) is 9.36 Å². The SMILES string of the molecule is COP(=O)(/C=C(/NC(C)=O)c1ccc(Cl)cc1)OC. The van der Waals surface area contributed by atoms with Crippen LogP contribution in [0.5, 0.6) is 0 Å². The van der Waals surface area contributed by atoms with E-state index in [1.165, 1.54) is 27.0 Å². The topological polar surface area (TPSA) is 64.6 Å². The third-order valence-electron chi connectivity index (χ3n) is 2.26. The third-order valence-corrected chi connectivity index (χ3v) is 4.11. The number of carbonyl (C=O) groups excluding carboxylic acids is 1. The van der Waals surface area contributed by atoms with Crippen LogP contribution in [0.15, 0.2) is 30.1 Å². The molecule has 0 bridgehead atoms. The minimum absolute atomic E-state index is 0.292. The van der Waals surface area contributed by atoms with Crippen LogP contribution >= 0.6 is 19.2 Å². The lowest BCUT2D eigenvalue weighted by atomic mass is 10.2. The van der Waals surface area contributed by atoms with Crippen molar-refractivity contribution < 1.29 is 18.4 Å². The van der Waals surface area contributed by atoms with Crippen LogP contribution in [0.4, 0.5) is 0 Å². The van der Waals surface area contributed by atoms with Crippen molar-refractivity contribution in [2.24, 2.45) is 0 Å². The molecule has 0 aromatic heterocycles. The Bertz CT molecular complexity index is 519. The van der Waals surface area contributed by atoms with E-state index in [1.807, 2.05) is 0 Å². The molecule has 0 atom stereocenters. The summed E-state index contributed by atoms with van der Waals surface area (Å²) >= 11 is 5.80. The predicted octanol–water partition coefficient (Wildman–Crippen LogP) is 3.26. The fraction of sp³-hybridized carbons (Fsp3) is 0.250. The minimum atomic E-state index is -3.38. The predicted molar refractivity (Wildman–Crippen MR) is 74.9 cm³/mol. The van der Waals surface area contributed by atoms with Crippen LogP contribution < -0.4 is 5.32 Å². The zero-order chi connectivity index (χ0) is 14.5. The van der Waals surface area contributed by atoms with E-state index in [1.54, 1.807) is 24.3 Å². The van der Waals surface area contributed by atoms with E-state index < -0.39 is 7.60 Å². The van der Waals surface area contributed by atoms with Crippen molar-refractivity contribution in [1.82, 2.24) is 5.32 Å². The molecule has 0 fully saturated rings. The molecule has 0 saturated carbocycles. The second kappa shape index (κ2) is 6.87. The van der Waals surface area contributed by atoms with E-state index in [0.29, 0.717) is 16.3 Å². The van der Waals surface area contributed by atoms with Crippen molar-refractivity contribution in [2.45, 2.75) is 6.92 Å². The fourth-order valence-corrected chi connectivity index (χ4v) is 2.35. The summed E-state index contributed by atoms with van der Waals surface area (Å²) in [7, 11) is -0.837. The molecule has 1 rings (SSSR count). The van der Waals surface area contributed by atoms with Gasteiger partial charge in [-0.1, -0.05) is 23.7 Å². The Morgan fingerprint density at radius 2 is 1.79 bits per heavy atom. The summed E-state index contributed by atoms with van der Waals surface area (Å²) < 4.78 is 21.7. The number of halogens is 1. The Labute approximate surface area is 117 Å². The number of amides is 1. The summed E-state index contributed by atoms with van der Waals surface area (Å²) in [5.74, 6) is 0.970. The largest absolute Gasteiger partial charge is 0.355 e. The number of nitrogens with one attached hydrogen (secondary N) is 1. The Kier molecular flexibility index (Phi) is 5.76. The quantitative estimate of drug-likeness (QED) is 0.848. The highest BCUT2D eigenvalue weighted by Gasteiger charge is 2.20. The average Bonchev–Trinajstić information content (AvgIpc) is 2.38. The minimum Gasteiger partial charge on any atom is -0.325 e. The first-order valence-corrected chi connectivity index (χ1v) is 7.37. The zero-order valence-electron chi connectivity index (χ0n) is 10.8. The summed E-state index contributed by atoms with van der Waals surface area (Å²) in [6.07, 6.45) is 0. The fourth-order valence-electron chi connectivity index (χ4n) is 1.34. The van der Waals surface area contributed by atoms with Crippen molar-refractivity contribution in [3.05, 3.63) is 40.7 Å². The molecular weight excluding hydrogens is 289 g/mol. The maximum Gasteiger partial charge on any atom is 0.355 e. The lowest BCUT2D eigenvalue weighted by molar-refractivity contribution is -0.117. The molecular formula is C12H15ClNO4P. The highest BCUT2D eigenvalue weighted by molar-refractivity contribution is 7.57. The molecule has 0 heterocycles. The van der Waals surface area contributed by atoms with E-state index in [-0.39, 0.29) is 5.91 Å². The molecule has 1 amide bonds. The van der Waals surface area contributed by atoms with E-state index >= 15 is 0 Å². The molecule has 0 radical (unpaired) electrons. The highest BCUT2D eigenvalue weighted by atomic mass is 35.5. The smallest absolute Gasteiger partial charge is 0.325 e. The van der Waals surface area contributed by atoms with E-state index in [0.717, 1.165) is 0 Å². The average molecular weight is 304 g/mol. The summed E-state index contributed by atoms with van der Waals surface area (Å²) in [6, 6.07) is 6.72. The van der Waals surface area contributed by atoms with Crippen LogP contribution in [-0.4, -0.2) is 20.1 Å². The zero-order valence-corrected chi connectivity index (χ0v) is 12.5. The van der Waals surface area contributed by atoms with Gasteiger partial charge in [0.05, 0.1) is 11.5 Å². The standard InChI is InChI=1S/C12H15ClNO4P/c1-9(15)14-12(8-19(16,17-2)18-3)10-4-6-11(13)7-5-10/h4-8H,1-3H3,(H,14,15)/b12-8+. The summed E-state index contributed by atoms with van der Waals surface area (Å²) in [6.45, 7) is 1.36. The van der Waals surface area contributed by atoms with Crippen molar-refractivity contribution in [3.8, 4) is 0 Å². The molecule has 1 N–H and O–H groups in total. The number of carbonyl (C=O) groups is 1. The van der Waals surface area contributed by atoms with Gasteiger partial charge in [-0.15, -0.1) is 0 Å². The summed E-state index contributed by atoms with van der Waals surface area (Å²) in [5.41, 5.74) is 0.991. The van der Waals surface area contributed by atoms with Crippen LogP contribution in [-0.2, 0) is 18.4 Å². The van der Waals surface area contributed by atoms with Gasteiger partial charge in [-0.2, -0.15) is 0 Å². The molecule has 0 aliphatic heterocycles. The normalized spacial score (nSPS) is 12.3. The van der Waals surface area contributed by atoms with Gasteiger partial charge in [0.25, 0.3) is 0 Å². The van der Waals surface area contributed by atoms with Gasteiger partial charge < -0.3 is 14.4 Å². The Morgan fingerprint density at radius 1 is 1.26 bits per heavy atom. The van der Waals surface area contributed by atoms with Gasteiger partial charge in [-0.25, -0.2) is 0 Å². The van der Waals surface area contributed by atoms with Gasteiger partial charge in [-0.05, 0) is 17.7 Å². The van der Waals surface area contributed by atoms with Crippen LogP contribution in [0.2, 0.25) is 5.02 Å². The van der Waals surface area contributed by atoms with Crippen LogP contribution in [0, 0.1) is 0 Å². The van der Waals surface area contributed by atoms with Crippen LogP contribution in [0.1, 0.15) is 12.5 Å². The molecule has 7 heteroatoms. The molecule has 1 aromatic carbocycles. The second-order valence-corrected chi connectivity index (χ2v) is 6.14. The molecule has 0 saturated heterocycles. The number of rotatable bonds is 5. The maximum absolute atomic E-state index is 12.1. The first-order valence-electron chi connectivity index (χ1n) is 5.38. The van der Waals surface area contributed by atoms with E-state index in [4.69, 9.17) is 20.6 Å². The lowest BCUT2D eigenvalue weighted by Gasteiger charge is -2.13. The van der Waals surface area contributed by atoms with Crippen molar-refractivity contribution in [3.63, 3.8) is 0 Å². The highest BCUT2D eigenvalue weighted by Crippen LogP contribution is 2.49. The molecule has 0 unspecified atom stereocenters. The monoisotopic (exact) mass is 303 g/mol. The number of hydrogen-bond donors (Lipinski definition) is 1. The maximum atomic E-state index is 12.1. The molecule has 0 spiro atoms. The van der Waals surface area contributed by atoms with Crippen molar-refractivity contribution >= 4 is 30.8 Å². The third kappa shape index (κ3) is 4.80. The Morgan fingerprint density at radius 3 is 2.21 bits per heavy atom. The van der Waals surface area contributed by atoms with Crippen LogP contribution in [0.3, 0.4) is 0 Å². The second-order valence-electron chi connectivity index (χ2n) is 3.64. The Balaban J connectivity index is 3.21. The van der Waals surface area contributed by atoms with Crippen molar-refractivity contribution in [1.29, 1.82) is 0 Å². The van der Waals surface area contributed by atoms with Gasteiger partial charge in [0, 0.05) is 26.2 Å². The Hall–Kier alpha value is -1.13. The van der Waals surface area contributed by atoms with Gasteiger partial charge in [0.1, 0.15) is 0 Å². The van der Waals surface area contributed by atoms with Crippen molar-refractivity contribution in [2.75, 3.05) is 14.2 Å². The number of hydrogen-bond acceptors (Lipinski definition) is 4. The van der Waals surface area contributed by atoms with Gasteiger partial charge in [0.15, 0.2) is 0 Å². The molecule has 1 aromatic rings. The molecule has 19 heavy (non-hydrogen) atoms. The van der Waals surface area contributed by atoms with E-state index in [2.05, 4.69) is 5.32 Å². The first kappa shape index (κ1) is 15.9. The summed E-state index contributed by atoms with van der Waals surface area (Å²) in [5, 5.41) is 3.15. The lowest BCUT2D eigenvalue weighted by Crippen LogP contribution is -2.18.